The first-order valence-corrected chi connectivity index (χ1v) is 11.7. The molecule has 2 nitrogen and oxygen atoms in total. The Bertz CT molecular complexity index is 279. The lowest BCUT2D eigenvalue weighted by atomic mass is 10.0. The maximum atomic E-state index is 5.48. The highest BCUT2D eigenvalue weighted by atomic mass is 127. The van der Waals surface area contributed by atoms with E-state index in [1.54, 1.807) is 0 Å². The largest absolute Gasteiger partial charge is 1.00 e. The Morgan fingerprint density at radius 1 is 0.577 bits per heavy atom. The van der Waals surface area contributed by atoms with Gasteiger partial charge in [-0.15, -0.1) is 0 Å². The summed E-state index contributed by atoms with van der Waals surface area (Å²) in [7, 11) is 2.41. The topological polar surface area (TPSA) is 9.23 Å². The summed E-state index contributed by atoms with van der Waals surface area (Å²) >= 11 is 0. The number of likely N-dealkylation sites (N-methyl/N-ethyl adjacent to an activating group) is 1. The lowest BCUT2D eigenvalue weighted by molar-refractivity contribution is -0.917. The molecule has 0 unspecified atom stereocenters. The van der Waals surface area contributed by atoms with Crippen molar-refractivity contribution < 1.29 is 33.2 Å². The van der Waals surface area contributed by atoms with E-state index in [4.69, 9.17) is 4.74 Å². The van der Waals surface area contributed by atoms with Crippen molar-refractivity contribution in [3.8, 4) is 0 Å². The van der Waals surface area contributed by atoms with Gasteiger partial charge in [0, 0.05) is 0 Å². The molecule has 0 aromatic heterocycles. The van der Waals surface area contributed by atoms with Crippen molar-refractivity contribution in [1.29, 1.82) is 0 Å². The molecule has 0 spiro atoms. The van der Waals surface area contributed by atoms with Gasteiger partial charge in [0.05, 0.1) is 26.8 Å². The van der Waals surface area contributed by atoms with Crippen molar-refractivity contribution in [2.24, 2.45) is 0 Å². The first kappa shape index (κ1) is 26.6. The number of nitrogens with zero attached hydrogens (tertiary/aromatic N) is 1. The van der Waals surface area contributed by atoms with E-state index >= 15 is 0 Å². The first-order valence-electron chi connectivity index (χ1n) is 11.7. The lowest BCUT2D eigenvalue weighted by Crippen LogP contribution is -3.00. The summed E-state index contributed by atoms with van der Waals surface area (Å²) in [6.45, 7) is 8.04. The van der Waals surface area contributed by atoms with Crippen molar-refractivity contribution in [2.45, 2.75) is 110 Å². The zero-order chi connectivity index (χ0) is 18.1. The molecule has 1 aliphatic heterocycles. The highest BCUT2D eigenvalue weighted by Gasteiger charge is 2.23. The number of hydrogen-bond donors (Lipinski definition) is 0. The minimum Gasteiger partial charge on any atom is -1.00 e. The number of unbranched alkanes of at least 4 members (excludes halogenated alkanes) is 15. The Labute approximate surface area is 182 Å². The zero-order valence-corrected chi connectivity index (χ0v) is 20.2. The van der Waals surface area contributed by atoms with Gasteiger partial charge in [0.15, 0.2) is 0 Å². The van der Waals surface area contributed by atoms with Gasteiger partial charge in [-0.1, -0.05) is 96.8 Å². The van der Waals surface area contributed by atoms with Crippen molar-refractivity contribution in [2.75, 3.05) is 39.9 Å². The third-order valence-electron chi connectivity index (χ3n) is 6.10. The predicted octanol–water partition coefficient (Wildman–Crippen LogP) is 3.73. The molecule has 1 heterocycles. The summed E-state index contributed by atoms with van der Waals surface area (Å²) in [5, 5.41) is 0. The molecule has 158 valence electrons. The SMILES string of the molecule is CCCCCCCCCCCCCCCCCC[N+]1(C)CCOCC1.[I-]. The second kappa shape index (κ2) is 19.0. The Morgan fingerprint density at radius 2 is 0.923 bits per heavy atom. The monoisotopic (exact) mass is 481 g/mol. The zero-order valence-electron chi connectivity index (χ0n) is 18.1. The Hall–Kier alpha value is 0.650. The summed E-state index contributed by atoms with van der Waals surface area (Å²) in [5.74, 6) is 0. The Kier molecular flexibility index (Phi) is 19.5. The van der Waals surface area contributed by atoms with E-state index in [9.17, 15) is 0 Å². The molecule has 0 N–H and O–H groups in total. The quantitative estimate of drug-likeness (QED) is 0.175. The van der Waals surface area contributed by atoms with Crippen molar-refractivity contribution >= 4 is 0 Å². The van der Waals surface area contributed by atoms with E-state index in [1.807, 2.05) is 0 Å². The Morgan fingerprint density at radius 3 is 1.31 bits per heavy atom. The van der Waals surface area contributed by atoms with Crippen LogP contribution in [-0.2, 0) is 4.74 Å². The van der Waals surface area contributed by atoms with Crippen LogP contribution in [0.15, 0.2) is 0 Å². The van der Waals surface area contributed by atoms with Crippen molar-refractivity contribution in [3.05, 3.63) is 0 Å². The number of quaternary nitrogens is 1. The van der Waals surface area contributed by atoms with Crippen molar-refractivity contribution in [3.63, 3.8) is 0 Å². The number of hydrogen-bond acceptors (Lipinski definition) is 1. The average Bonchev–Trinajstić information content (AvgIpc) is 2.62. The van der Waals surface area contributed by atoms with Crippen LogP contribution in [0.4, 0.5) is 0 Å². The minimum atomic E-state index is 0. The Balaban J connectivity index is 0.00000625. The minimum absolute atomic E-state index is 0. The fourth-order valence-electron chi connectivity index (χ4n) is 4.05. The fourth-order valence-corrected chi connectivity index (χ4v) is 4.05. The van der Waals surface area contributed by atoms with Gasteiger partial charge in [-0.2, -0.15) is 0 Å². The van der Waals surface area contributed by atoms with Crippen LogP contribution in [0.1, 0.15) is 110 Å². The molecule has 0 bridgehead atoms. The highest BCUT2D eigenvalue weighted by Crippen LogP contribution is 2.15. The third-order valence-corrected chi connectivity index (χ3v) is 6.10. The highest BCUT2D eigenvalue weighted by molar-refractivity contribution is 4.51. The van der Waals surface area contributed by atoms with E-state index in [1.165, 1.54) is 127 Å². The van der Waals surface area contributed by atoms with Gasteiger partial charge < -0.3 is 33.2 Å². The second-order valence-electron chi connectivity index (χ2n) is 8.71. The second-order valence-corrected chi connectivity index (χ2v) is 8.71. The summed E-state index contributed by atoms with van der Waals surface area (Å²) in [6, 6.07) is 0. The van der Waals surface area contributed by atoms with Crippen LogP contribution in [0.2, 0.25) is 0 Å². The number of ether oxygens (including phenoxy) is 1. The molecule has 1 rings (SSSR count). The van der Waals surface area contributed by atoms with Gasteiger partial charge in [0.1, 0.15) is 13.1 Å². The molecule has 1 fully saturated rings. The standard InChI is InChI=1S/C23H48NO.HI/c1-3-4-5-6-7-8-9-10-11-12-13-14-15-16-17-18-19-24(2)20-22-25-23-21-24;/h3-23H2,1-2H3;1H/q+1;/p-1. The molecule has 0 atom stereocenters. The van der Waals surface area contributed by atoms with Crippen LogP contribution in [0.3, 0.4) is 0 Å². The first-order chi connectivity index (χ1) is 12.3. The fraction of sp³-hybridized carbons (Fsp3) is 1.00. The number of rotatable bonds is 17. The predicted molar refractivity (Wildman–Crippen MR) is 111 cm³/mol. The summed E-state index contributed by atoms with van der Waals surface area (Å²) in [4.78, 5) is 0. The van der Waals surface area contributed by atoms with Crippen LogP contribution in [0.5, 0.6) is 0 Å². The van der Waals surface area contributed by atoms with E-state index in [0.29, 0.717) is 0 Å². The molecule has 0 amide bonds. The van der Waals surface area contributed by atoms with Crippen LogP contribution in [-0.4, -0.2) is 44.4 Å². The lowest BCUT2D eigenvalue weighted by Gasteiger charge is -2.37. The molecule has 3 heteroatoms. The molecule has 1 saturated heterocycles. The smallest absolute Gasteiger partial charge is 0.102 e. The van der Waals surface area contributed by atoms with Crippen LogP contribution >= 0.6 is 0 Å². The molecule has 26 heavy (non-hydrogen) atoms. The number of morpholine rings is 1. The van der Waals surface area contributed by atoms with Gasteiger partial charge >= 0.3 is 0 Å². The molecular formula is C23H48INO. The average molecular weight is 482 g/mol. The summed E-state index contributed by atoms with van der Waals surface area (Å²) in [6.07, 6.45) is 23.3. The van der Waals surface area contributed by atoms with Gasteiger partial charge in [0.25, 0.3) is 0 Å². The molecule has 0 aromatic carbocycles. The normalized spacial score (nSPS) is 16.4. The van der Waals surface area contributed by atoms with E-state index in [0.717, 1.165) is 13.2 Å². The maximum absolute atomic E-state index is 5.48. The summed E-state index contributed by atoms with van der Waals surface area (Å²) < 4.78 is 6.73. The summed E-state index contributed by atoms with van der Waals surface area (Å²) in [5.41, 5.74) is 0. The van der Waals surface area contributed by atoms with Gasteiger partial charge in [-0.05, 0) is 12.8 Å². The van der Waals surface area contributed by atoms with E-state index in [-0.39, 0.29) is 24.0 Å². The molecule has 0 radical (unpaired) electrons. The maximum Gasteiger partial charge on any atom is 0.102 e. The van der Waals surface area contributed by atoms with Crippen LogP contribution in [0.25, 0.3) is 0 Å². The van der Waals surface area contributed by atoms with Crippen LogP contribution < -0.4 is 24.0 Å². The molecular weight excluding hydrogens is 433 g/mol. The van der Waals surface area contributed by atoms with Crippen LogP contribution in [0, 0.1) is 0 Å². The van der Waals surface area contributed by atoms with E-state index in [2.05, 4.69) is 14.0 Å². The molecule has 0 saturated carbocycles. The molecule has 0 aromatic rings. The molecule has 1 aliphatic rings. The molecule has 0 aliphatic carbocycles. The van der Waals surface area contributed by atoms with Gasteiger partial charge in [-0.3, -0.25) is 0 Å². The number of halogens is 1. The van der Waals surface area contributed by atoms with Crippen molar-refractivity contribution in [1.82, 2.24) is 0 Å². The van der Waals surface area contributed by atoms with Gasteiger partial charge in [-0.25, -0.2) is 0 Å². The van der Waals surface area contributed by atoms with E-state index < -0.39 is 0 Å². The third kappa shape index (κ3) is 15.7. The van der Waals surface area contributed by atoms with Gasteiger partial charge in [0.2, 0.25) is 0 Å².